The second-order valence-electron chi connectivity index (χ2n) is 6.60. The zero-order chi connectivity index (χ0) is 18.9. The minimum absolute atomic E-state index is 0.110. The fourth-order valence-electron chi connectivity index (χ4n) is 3.17. The Morgan fingerprint density at radius 2 is 2.15 bits per heavy atom. The van der Waals surface area contributed by atoms with Gasteiger partial charge in [0, 0.05) is 18.8 Å². The average molecular weight is 388 g/mol. The molecule has 3 N–H and O–H groups in total. The smallest absolute Gasteiger partial charge is 0.261 e. The van der Waals surface area contributed by atoms with Crippen LogP contribution in [0.3, 0.4) is 0 Å². The first-order chi connectivity index (χ1) is 13.0. The van der Waals surface area contributed by atoms with E-state index in [1.165, 1.54) is 18.3 Å². The second kappa shape index (κ2) is 7.16. The van der Waals surface area contributed by atoms with Gasteiger partial charge in [-0.15, -0.1) is 0 Å². The van der Waals surface area contributed by atoms with E-state index in [1.807, 2.05) is 0 Å². The molecule has 0 aliphatic carbocycles. The number of nitrogens with one attached hydrogen (secondary N) is 3. The third kappa shape index (κ3) is 4.04. The highest BCUT2D eigenvalue weighted by Crippen LogP contribution is 2.26. The lowest BCUT2D eigenvalue weighted by atomic mass is 10.2. The molecule has 0 spiro atoms. The number of ether oxygens (including phenoxy) is 1. The van der Waals surface area contributed by atoms with E-state index in [0.29, 0.717) is 29.3 Å². The van der Waals surface area contributed by atoms with E-state index in [9.17, 15) is 13.2 Å². The largest absolute Gasteiger partial charge is 0.376 e. The van der Waals surface area contributed by atoms with Crippen molar-refractivity contribution >= 4 is 33.1 Å². The maximum Gasteiger partial charge on any atom is 0.261 e. The Labute approximate surface area is 157 Å². The average Bonchev–Trinajstić information content (AvgIpc) is 3.28. The molecule has 8 nitrogen and oxygen atoms in total. The molecular weight excluding hydrogens is 368 g/mol. The van der Waals surface area contributed by atoms with Crippen LogP contribution in [0, 0.1) is 0 Å². The maximum absolute atomic E-state index is 12.6. The standard InChI is InChI=1S/C18H20N4O4S/c23-18-9-12-8-15(4-5-16(12)21-18)27(24,25)22-13-3-6-17(19-10-13)20-11-14-2-1-7-26-14/h3-6,8,10,14,22H,1-2,7,9,11H2,(H,19,20)(H,21,23). The van der Waals surface area contributed by atoms with E-state index in [2.05, 4.69) is 20.3 Å². The van der Waals surface area contributed by atoms with Gasteiger partial charge in [-0.3, -0.25) is 9.52 Å². The molecule has 2 aliphatic heterocycles. The molecule has 0 bridgehead atoms. The normalized spacial score (nSPS) is 18.8. The number of carbonyl (C=O) groups excluding carboxylic acids is 1. The van der Waals surface area contributed by atoms with Crippen LogP contribution < -0.4 is 15.4 Å². The molecule has 142 valence electrons. The number of amides is 1. The molecule has 9 heteroatoms. The summed E-state index contributed by atoms with van der Waals surface area (Å²) in [6.07, 6.45) is 3.96. The van der Waals surface area contributed by atoms with Crippen molar-refractivity contribution in [3.05, 3.63) is 42.1 Å². The summed E-state index contributed by atoms with van der Waals surface area (Å²) < 4.78 is 33.2. The molecule has 0 saturated carbocycles. The van der Waals surface area contributed by atoms with E-state index in [1.54, 1.807) is 18.2 Å². The molecule has 1 saturated heterocycles. The van der Waals surface area contributed by atoms with Crippen LogP contribution in [0.2, 0.25) is 0 Å². The number of benzene rings is 1. The highest BCUT2D eigenvalue weighted by molar-refractivity contribution is 7.92. The van der Waals surface area contributed by atoms with Crippen molar-refractivity contribution < 1.29 is 17.9 Å². The number of sulfonamides is 1. The molecule has 3 heterocycles. The summed E-state index contributed by atoms with van der Waals surface area (Å²) in [5.41, 5.74) is 1.70. The van der Waals surface area contributed by atoms with Gasteiger partial charge in [-0.1, -0.05) is 0 Å². The van der Waals surface area contributed by atoms with Crippen LogP contribution in [0.5, 0.6) is 0 Å². The summed E-state index contributed by atoms with van der Waals surface area (Å²) in [5.74, 6) is 0.526. The molecule has 4 rings (SSSR count). The Morgan fingerprint density at radius 1 is 1.26 bits per heavy atom. The summed E-state index contributed by atoms with van der Waals surface area (Å²) in [5, 5.41) is 5.87. The lowest BCUT2D eigenvalue weighted by Crippen LogP contribution is -2.19. The van der Waals surface area contributed by atoms with Gasteiger partial charge in [0.05, 0.1) is 29.3 Å². The number of carbonyl (C=O) groups is 1. The zero-order valence-corrected chi connectivity index (χ0v) is 15.4. The first-order valence-corrected chi connectivity index (χ1v) is 10.2. The second-order valence-corrected chi connectivity index (χ2v) is 8.28. The van der Waals surface area contributed by atoms with Crippen molar-refractivity contribution in [2.45, 2.75) is 30.3 Å². The van der Waals surface area contributed by atoms with Gasteiger partial charge < -0.3 is 15.4 Å². The SMILES string of the molecule is O=C1Cc2cc(S(=O)(=O)Nc3ccc(NCC4CCCO4)nc3)ccc2N1. The molecule has 2 aromatic rings. The minimum Gasteiger partial charge on any atom is -0.376 e. The van der Waals surface area contributed by atoms with Crippen molar-refractivity contribution in [1.29, 1.82) is 0 Å². The van der Waals surface area contributed by atoms with E-state index >= 15 is 0 Å². The number of hydrogen-bond acceptors (Lipinski definition) is 6. The van der Waals surface area contributed by atoms with Crippen LogP contribution >= 0.6 is 0 Å². The van der Waals surface area contributed by atoms with E-state index < -0.39 is 10.0 Å². The summed E-state index contributed by atoms with van der Waals surface area (Å²) >= 11 is 0. The van der Waals surface area contributed by atoms with E-state index in [-0.39, 0.29) is 23.3 Å². The summed E-state index contributed by atoms with van der Waals surface area (Å²) in [6.45, 7) is 1.48. The van der Waals surface area contributed by atoms with E-state index in [4.69, 9.17) is 4.74 Å². The lowest BCUT2D eigenvalue weighted by Gasteiger charge is -2.12. The monoisotopic (exact) mass is 388 g/mol. The van der Waals surface area contributed by atoms with Crippen molar-refractivity contribution in [2.24, 2.45) is 0 Å². The van der Waals surface area contributed by atoms with Crippen LogP contribution in [-0.2, 0) is 26.0 Å². The fourth-order valence-corrected chi connectivity index (χ4v) is 4.26. The van der Waals surface area contributed by atoms with Crippen LogP contribution in [0.25, 0.3) is 0 Å². The molecule has 27 heavy (non-hydrogen) atoms. The van der Waals surface area contributed by atoms with Gasteiger partial charge >= 0.3 is 0 Å². The first-order valence-electron chi connectivity index (χ1n) is 8.77. The van der Waals surface area contributed by atoms with Crippen LogP contribution in [-0.4, -0.2) is 38.6 Å². The Balaban J connectivity index is 1.42. The summed E-state index contributed by atoms with van der Waals surface area (Å²) in [7, 11) is -3.76. The third-order valence-electron chi connectivity index (χ3n) is 4.56. The number of nitrogens with zero attached hydrogens (tertiary/aromatic N) is 1. The number of rotatable bonds is 6. The quantitative estimate of drug-likeness (QED) is 0.698. The van der Waals surface area contributed by atoms with Crippen molar-refractivity contribution in [3.63, 3.8) is 0 Å². The minimum atomic E-state index is -3.76. The van der Waals surface area contributed by atoms with Gasteiger partial charge in [0.1, 0.15) is 5.82 Å². The van der Waals surface area contributed by atoms with Gasteiger partial charge in [0.2, 0.25) is 5.91 Å². The first kappa shape index (κ1) is 17.7. The number of aromatic nitrogens is 1. The van der Waals surface area contributed by atoms with E-state index in [0.717, 1.165) is 19.4 Å². The Hall–Kier alpha value is -2.65. The van der Waals surface area contributed by atoms with Gasteiger partial charge in [-0.05, 0) is 48.7 Å². The number of fused-ring (bicyclic) bond motifs is 1. The third-order valence-corrected chi connectivity index (χ3v) is 5.94. The number of anilines is 3. The molecule has 2 aliphatic rings. The highest BCUT2D eigenvalue weighted by Gasteiger charge is 2.22. The maximum atomic E-state index is 12.6. The van der Waals surface area contributed by atoms with Gasteiger partial charge in [0.15, 0.2) is 0 Å². The molecule has 1 unspecified atom stereocenters. The fraction of sp³-hybridized carbons (Fsp3) is 0.333. The summed E-state index contributed by atoms with van der Waals surface area (Å²) in [6, 6.07) is 7.96. The van der Waals surface area contributed by atoms with Crippen LogP contribution in [0.4, 0.5) is 17.2 Å². The predicted molar refractivity (Wildman–Crippen MR) is 101 cm³/mol. The van der Waals surface area contributed by atoms with Gasteiger partial charge in [0.25, 0.3) is 10.0 Å². The summed E-state index contributed by atoms with van der Waals surface area (Å²) in [4.78, 5) is 15.8. The Bertz CT molecular complexity index is 954. The molecule has 1 atom stereocenters. The predicted octanol–water partition coefficient (Wildman–Crippen LogP) is 1.97. The van der Waals surface area contributed by atoms with Crippen molar-refractivity contribution in [1.82, 2.24) is 4.98 Å². The van der Waals surface area contributed by atoms with Crippen molar-refractivity contribution in [2.75, 3.05) is 28.5 Å². The zero-order valence-electron chi connectivity index (χ0n) is 14.6. The highest BCUT2D eigenvalue weighted by atomic mass is 32.2. The molecule has 1 amide bonds. The number of hydrogen-bond donors (Lipinski definition) is 3. The van der Waals surface area contributed by atoms with Crippen LogP contribution in [0.15, 0.2) is 41.4 Å². The molecule has 1 fully saturated rings. The van der Waals surface area contributed by atoms with Crippen molar-refractivity contribution in [3.8, 4) is 0 Å². The number of pyridine rings is 1. The molecule has 0 radical (unpaired) electrons. The Kier molecular flexibility index (Phi) is 4.71. The van der Waals surface area contributed by atoms with Gasteiger partial charge in [-0.2, -0.15) is 0 Å². The Morgan fingerprint density at radius 3 is 2.89 bits per heavy atom. The van der Waals surface area contributed by atoms with Crippen LogP contribution in [0.1, 0.15) is 18.4 Å². The lowest BCUT2D eigenvalue weighted by molar-refractivity contribution is -0.115. The molecule has 1 aromatic heterocycles. The topological polar surface area (TPSA) is 109 Å². The molecule has 1 aromatic carbocycles. The van der Waals surface area contributed by atoms with Gasteiger partial charge in [-0.25, -0.2) is 13.4 Å². The molecular formula is C18H20N4O4S.